The van der Waals surface area contributed by atoms with Gasteiger partial charge in [-0.2, -0.15) is 0 Å². The Bertz CT molecular complexity index is 613. The monoisotopic (exact) mass is 355 g/mol. The third kappa shape index (κ3) is 3.22. The zero-order valence-electron chi connectivity index (χ0n) is 11.4. The molecule has 2 rings (SSSR count). The Hall–Kier alpha value is -0.900. The second-order valence-corrected chi connectivity index (χ2v) is 5.83. The smallest absolute Gasteiger partial charge is 0.123 e. The van der Waals surface area contributed by atoms with E-state index in [0.717, 1.165) is 27.7 Å². The van der Waals surface area contributed by atoms with E-state index in [2.05, 4.69) is 21.2 Å². The molecule has 1 atom stereocenters. The Morgan fingerprint density at radius 1 is 1.25 bits per heavy atom. The van der Waals surface area contributed by atoms with E-state index in [-0.39, 0.29) is 11.9 Å². The van der Waals surface area contributed by atoms with Crippen LogP contribution in [0.25, 0.3) is 0 Å². The van der Waals surface area contributed by atoms with Crippen LogP contribution in [-0.4, -0.2) is 6.54 Å². The molecule has 0 bridgehead atoms. The molecule has 0 aliphatic heterocycles. The highest BCUT2D eigenvalue weighted by Gasteiger charge is 2.19. The number of hydrogen-bond acceptors (Lipinski definition) is 1. The van der Waals surface area contributed by atoms with Gasteiger partial charge < -0.3 is 5.32 Å². The van der Waals surface area contributed by atoms with Gasteiger partial charge in [-0.15, -0.1) is 0 Å². The summed E-state index contributed by atoms with van der Waals surface area (Å²) in [6.45, 7) is 4.81. The van der Waals surface area contributed by atoms with Crippen LogP contribution in [0.1, 0.15) is 29.7 Å². The lowest BCUT2D eigenvalue weighted by molar-refractivity contribution is 0.602. The van der Waals surface area contributed by atoms with Crippen LogP contribution in [0.4, 0.5) is 4.39 Å². The first kappa shape index (κ1) is 15.5. The normalized spacial score (nSPS) is 12.4. The third-order valence-electron chi connectivity index (χ3n) is 3.21. The lowest BCUT2D eigenvalue weighted by atomic mass is 9.97. The van der Waals surface area contributed by atoms with E-state index in [4.69, 9.17) is 11.6 Å². The third-order valence-corrected chi connectivity index (χ3v) is 4.64. The SMILES string of the molecule is CCNC(c1cc(F)ccc1Cl)c1cccc(C)c1Br. The molecular formula is C16H16BrClFN. The number of rotatable bonds is 4. The first-order valence-electron chi connectivity index (χ1n) is 6.48. The maximum atomic E-state index is 13.5. The van der Waals surface area contributed by atoms with E-state index in [9.17, 15) is 4.39 Å². The second kappa shape index (κ2) is 6.70. The lowest BCUT2D eigenvalue weighted by Crippen LogP contribution is -2.23. The van der Waals surface area contributed by atoms with Gasteiger partial charge in [-0.3, -0.25) is 0 Å². The fourth-order valence-electron chi connectivity index (χ4n) is 2.22. The molecule has 0 aliphatic carbocycles. The largest absolute Gasteiger partial charge is 0.306 e. The zero-order chi connectivity index (χ0) is 14.7. The van der Waals surface area contributed by atoms with Crippen molar-refractivity contribution in [2.75, 3.05) is 6.54 Å². The van der Waals surface area contributed by atoms with E-state index < -0.39 is 0 Å². The topological polar surface area (TPSA) is 12.0 Å². The summed E-state index contributed by atoms with van der Waals surface area (Å²) in [5, 5.41) is 3.93. The summed E-state index contributed by atoms with van der Waals surface area (Å²) in [5.41, 5.74) is 2.94. The van der Waals surface area contributed by atoms with Gasteiger partial charge in [0.25, 0.3) is 0 Å². The molecule has 0 aromatic heterocycles. The van der Waals surface area contributed by atoms with Crippen molar-refractivity contribution in [3.63, 3.8) is 0 Å². The van der Waals surface area contributed by atoms with Gasteiger partial charge >= 0.3 is 0 Å². The Morgan fingerprint density at radius 3 is 2.70 bits per heavy atom. The highest BCUT2D eigenvalue weighted by Crippen LogP contribution is 2.34. The maximum absolute atomic E-state index is 13.5. The van der Waals surface area contributed by atoms with Crippen molar-refractivity contribution in [3.05, 3.63) is 68.4 Å². The van der Waals surface area contributed by atoms with Crippen molar-refractivity contribution in [2.24, 2.45) is 0 Å². The Kier molecular flexibility index (Phi) is 5.19. The number of halogens is 3. The molecule has 0 radical (unpaired) electrons. The van der Waals surface area contributed by atoms with Crippen LogP contribution in [0.15, 0.2) is 40.9 Å². The molecule has 0 saturated heterocycles. The summed E-state index contributed by atoms with van der Waals surface area (Å²) in [4.78, 5) is 0. The van der Waals surface area contributed by atoms with Crippen LogP contribution < -0.4 is 5.32 Å². The summed E-state index contributed by atoms with van der Waals surface area (Å²) in [6, 6.07) is 10.4. The van der Waals surface area contributed by atoms with Crippen molar-refractivity contribution in [3.8, 4) is 0 Å². The van der Waals surface area contributed by atoms with Gasteiger partial charge in [0, 0.05) is 9.50 Å². The van der Waals surface area contributed by atoms with Crippen molar-refractivity contribution < 1.29 is 4.39 Å². The molecule has 0 amide bonds. The van der Waals surface area contributed by atoms with E-state index >= 15 is 0 Å². The van der Waals surface area contributed by atoms with Gasteiger partial charge in [0.05, 0.1) is 6.04 Å². The van der Waals surface area contributed by atoms with Gasteiger partial charge in [0.15, 0.2) is 0 Å². The molecule has 0 spiro atoms. The van der Waals surface area contributed by atoms with Crippen LogP contribution >= 0.6 is 27.5 Å². The van der Waals surface area contributed by atoms with Gasteiger partial charge in [-0.05, 0) is 48.4 Å². The van der Waals surface area contributed by atoms with Crippen molar-refractivity contribution in [2.45, 2.75) is 19.9 Å². The van der Waals surface area contributed by atoms with Crippen molar-refractivity contribution in [1.82, 2.24) is 5.32 Å². The van der Waals surface area contributed by atoms with Gasteiger partial charge in [-0.1, -0.05) is 52.7 Å². The molecule has 0 saturated carbocycles. The molecule has 2 aromatic carbocycles. The summed E-state index contributed by atoms with van der Waals surface area (Å²) in [5.74, 6) is -0.281. The molecule has 1 unspecified atom stereocenters. The fourth-order valence-corrected chi connectivity index (χ4v) is 2.94. The van der Waals surface area contributed by atoms with Crippen LogP contribution in [0.2, 0.25) is 5.02 Å². The fraction of sp³-hybridized carbons (Fsp3) is 0.250. The van der Waals surface area contributed by atoms with Gasteiger partial charge in [0.1, 0.15) is 5.82 Å². The van der Waals surface area contributed by atoms with E-state index in [1.807, 2.05) is 32.0 Å². The molecule has 2 aromatic rings. The number of benzene rings is 2. The average Bonchev–Trinajstić information content (AvgIpc) is 2.43. The Labute approximate surface area is 132 Å². The molecule has 1 nitrogen and oxygen atoms in total. The van der Waals surface area contributed by atoms with Crippen LogP contribution in [-0.2, 0) is 0 Å². The molecule has 0 aliphatic rings. The summed E-state index contributed by atoms with van der Waals surface area (Å²) >= 11 is 9.86. The van der Waals surface area contributed by atoms with Gasteiger partial charge in [0.2, 0.25) is 0 Å². The number of aryl methyl sites for hydroxylation is 1. The maximum Gasteiger partial charge on any atom is 0.123 e. The first-order valence-corrected chi connectivity index (χ1v) is 7.65. The minimum absolute atomic E-state index is 0.141. The van der Waals surface area contributed by atoms with Crippen molar-refractivity contribution in [1.29, 1.82) is 0 Å². The van der Waals surface area contributed by atoms with Crippen LogP contribution in [0.3, 0.4) is 0 Å². The number of hydrogen-bond donors (Lipinski definition) is 1. The minimum atomic E-state index is -0.281. The molecule has 4 heteroatoms. The molecule has 0 fully saturated rings. The van der Waals surface area contributed by atoms with Crippen molar-refractivity contribution >= 4 is 27.5 Å². The van der Waals surface area contributed by atoms with E-state index in [1.54, 1.807) is 6.07 Å². The summed E-state index contributed by atoms with van der Waals surface area (Å²) in [7, 11) is 0. The predicted octanol–water partition coefficient (Wildman–Crippen LogP) is 5.25. The lowest BCUT2D eigenvalue weighted by Gasteiger charge is -2.22. The summed E-state index contributed by atoms with van der Waals surface area (Å²) in [6.07, 6.45) is 0. The highest BCUT2D eigenvalue weighted by atomic mass is 79.9. The Morgan fingerprint density at radius 2 is 2.00 bits per heavy atom. The average molecular weight is 357 g/mol. The van der Waals surface area contributed by atoms with E-state index in [1.165, 1.54) is 12.1 Å². The van der Waals surface area contributed by atoms with Gasteiger partial charge in [-0.25, -0.2) is 4.39 Å². The van der Waals surface area contributed by atoms with Crippen LogP contribution in [0.5, 0.6) is 0 Å². The predicted molar refractivity (Wildman–Crippen MR) is 85.8 cm³/mol. The standard InChI is InChI=1S/C16H16BrClFN/c1-3-20-16(12-6-4-5-10(2)15(12)17)13-9-11(19)7-8-14(13)18/h4-9,16,20H,3H2,1-2H3. The quantitative estimate of drug-likeness (QED) is 0.789. The molecule has 106 valence electrons. The second-order valence-electron chi connectivity index (χ2n) is 4.63. The van der Waals surface area contributed by atoms with E-state index in [0.29, 0.717) is 5.02 Å². The molecule has 1 N–H and O–H groups in total. The molecule has 0 heterocycles. The zero-order valence-corrected chi connectivity index (χ0v) is 13.7. The molecule has 20 heavy (non-hydrogen) atoms. The molecular weight excluding hydrogens is 341 g/mol. The highest BCUT2D eigenvalue weighted by molar-refractivity contribution is 9.10. The first-order chi connectivity index (χ1) is 9.54. The minimum Gasteiger partial charge on any atom is -0.306 e. The Balaban J connectivity index is 2.56. The summed E-state index contributed by atoms with van der Waals surface area (Å²) < 4.78 is 14.6. The van der Waals surface area contributed by atoms with Crippen LogP contribution in [0, 0.1) is 12.7 Å². The number of nitrogens with one attached hydrogen (secondary N) is 1.